The number of benzene rings is 2. The SMILES string of the molecule is CCOC(=O)Cn1c(=NC(=O)c2ccc(C(C)=O)cc2)sc2ccc(Cl)c(Cl)c21. The molecule has 0 spiro atoms. The molecule has 0 unspecified atom stereocenters. The molecule has 0 aliphatic carbocycles. The number of hydrogen-bond acceptors (Lipinski definition) is 5. The van der Waals surface area contributed by atoms with Gasteiger partial charge in [0.05, 0.1) is 26.9 Å². The van der Waals surface area contributed by atoms with E-state index in [2.05, 4.69) is 4.99 Å². The lowest BCUT2D eigenvalue weighted by molar-refractivity contribution is -0.143. The standard InChI is InChI=1S/C20H16Cl2N2O4S/c1-3-28-16(26)10-24-18-15(9-8-14(21)17(18)22)29-20(24)23-19(27)13-6-4-12(5-7-13)11(2)25/h4-9H,3,10H2,1-2H3. The van der Waals surface area contributed by atoms with Gasteiger partial charge >= 0.3 is 5.97 Å². The Hall–Kier alpha value is -2.48. The third kappa shape index (κ3) is 4.58. The zero-order valence-corrected chi connectivity index (χ0v) is 17.9. The molecule has 0 atom stereocenters. The number of amides is 1. The minimum Gasteiger partial charge on any atom is -0.465 e. The van der Waals surface area contributed by atoms with Gasteiger partial charge in [0, 0.05) is 11.1 Å². The molecule has 0 fully saturated rings. The number of fused-ring (bicyclic) bond motifs is 1. The highest BCUT2D eigenvalue weighted by molar-refractivity contribution is 7.16. The molecule has 150 valence electrons. The van der Waals surface area contributed by atoms with Crippen LogP contribution in [0.1, 0.15) is 34.6 Å². The molecule has 0 saturated carbocycles. The molecule has 0 radical (unpaired) electrons. The molecule has 2 aromatic carbocycles. The number of halogens is 2. The monoisotopic (exact) mass is 450 g/mol. The second-order valence-electron chi connectivity index (χ2n) is 6.03. The summed E-state index contributed by atoms with van der Waals surface area (Å²) in [7, 11) is 0. The summed E-state index contributed by atoms with van der Waals surface area (Å²) < 4.78 is 7.27. The van der Waals surface area contributed by atoms with E-state index in [0.29, 0.717) is 21.7 Å². The molecule has 1 amide bonds. The van der Waals surface area contributed by atoms with E-state index >= 15 is 0 Å². The average molecular weight is 451 g/mol. The predicted molar refractivity (Wildman–Crippen MR) is 113 cm³/mol. The second kappa shape index (κ2) is 8.90. The van der Waals surface area contributed by atoms with Crippen LogP contribution in [-0.2, 0) is 16.1 Å². The topological polar surface area (TPSA) is 77.7 Å². The number of aromatic nitrogens is 1. The van der Waals surface area contributed by atoms with Crippen molar-refractivity contribution >= 4 is 62.4 Å². The number of esters is 1. The predicted octanol–water partition coefficient (Wildman–Crippen LogP) is 4.52. The zero-order valence-electron chi connectivity index (χ0n) is 15.6. The largest absolute Gasteiger partial charge is 0.465 e. The molecule has 0 saturated heterocycles. The number of thiazole rings is 1. The number of hydrogen-bond donors (Lipinski definition) is 0. The molecule has 9 heteroatoms. The molecular formula is C20H16Cl2N2O4S. The summed E-state index contributed by atoms with van der Waals surface area (Å²) in [4.78, 5) is 40.6. The van der Waals surface area contributed by atoms with Crippen molar-refractivity contribution in [3.05, 3.63) is 62.4 Å². The van der Waals surface area contributed by atoms with Gasteiger partial charge in [0.15, 0.2) is 10.6 Å². The molecule has 0 N–H and O–H groups in total. The highest BCUT2D eigenvalue weighted by Crippen LogP contribution is 2.32. The van der Waals surface area contributed by atoms with Gasteiger partial charge in [0.25, 0.3) is 5.91 Å². The number of rotatable bonds is 5. The molecule has 29 heavy (non-hydrogen) atoms. The third-order valence-corrected chi connectivity index (χ3v) is 5.90. The van der Waals surface area contributed by atoms with Gasteiger partial charge in [-0.15, -0.1) is 0 Å². The van der Waals surface area contributed by atoms with Gasteiger partial charge < -0.3 is 9.30 Å². The lowest BCUT2D eigenvalue weighted by atomic mass is 10.1. The second-order valence-corrected chi connectivity index (χ2v) is 7.83. The van der Waals surface area contributed by atoms with E-state index in [0.717, 1.165) is 4.70 Å². The van der Waals surface area contributed by atoms with Crippen molar-refractivity contribution in [2.75, 3.05) is 6.61 Å². The maximum atomic E-state index is 12.7. The van der Waals surface area contributed by atoms with Gasteiger partial charge in [-0.3, -0.25) is 14.4 Å². The maximum Gasteiger partial charge on any atom is 0.326 e. The van der Waals surface area contributed by atoms with Crippen molar-refractivity contribution < 1.29 is 19.1 Å². The first kappa shape index (κ1) is 21.2. The molecule has 3 aromatic rings. The number of ketones is 1. The molecule has 6 nitrogen and oxygen atoms in total. The van der Waals surface area contributed by atoms with Crippen LogP contribution in [0.15, 0.2) is 41.4 Å². The Balaban J connectivity index is 2.11. The molecule has 1 heterocycles. The lowest BCUT2D eigenvalue weighted by Gasteiger charge is -2.07. The quantitative estimate of drug-likeness (QED) is 0.422. The zero-order chi connectivity index (χ0) is 21.1. The summed E-state index contributed by atoms with van der Waals surface area (Å²) in [6, 6.07) is 9.61. The highest BCUT2D eigenvalue weighted by Gasteiger charge is 2.17. The summed E-state index contributed by atoms with van der Waals surface area (Å²) in [5, 5.41) is 0.594. The normalized spacial score (nSPS) is 11.7. The molecule has 1 aromatic heterocycles. The minimum absolute atomic E-state index is 0.0933. The van der Waals surface area contributed by atoms with Crippen molar-refractivity contribution in [2.24, 2.45) is 4.99 Å². The van der Waals surface area contributed by atoms with Crippen LogP contribution in [0.2, 0.25) is 10.0 Å². The molecule has 0 aliphatic rings. The van der Waals surface area contributed by atoms with Crippen molar-refractivity contribution in [3.63, 3.8) is 0 Å². The number of nitrogens with zero attached hydrogens (tertiary/aromatic N) is 2. The van der Waals surface area contributed by atoms with E-state index < -0.39 is 11.9 Å². The fourth-order valence-electron chi connectivity index (χ4n) is 2.67. The molecule has 3 rings (SSSR count). The van der Waals surface area contributed by atoms with Crippen LogP contribution in [0.5, 0.6) is 0 Å². The first-order valence-electron chi connectivity index (χ1n) is 8.64. The van der Waals surface area contributed by atoms with Crippen LogP contribution < -0.4 is 4.80 Å². The Bertz CT molecular complexity index is 1180. The molecule has 0 bridgehead atoms. The Morgan fingerprint density at radius 3 is 2.34 bits per heavy atom. The van der Waals surface area contributed by atoms with Gasteiger partial charge in [0.2, 0.25) is 0 Å². The third-order valence-electron chi connectivity index (χ3n) is 4.06. The van der Waals surface area contributed by atoms with Gasteiger partial charge in [-0.1, -0.05) is 46.7 Å². The van der Waals surface area contributed by atoms with Gasteiger partial charge in [-0.05, 0) is 38.1 Å². The summed E-state index contributed by atoms with van der Waals surface area (Å²) in [6.07, 6.45) is 0. The lowest BCUT2D eigenvalue weighted by Crippen LogP contribution is -2.23. The number of carbonyl (C=O) groups is 3. The summed E-state index contributed by atoms with van der Waals surface area (Å²) in [5.74, 6) is -1.08. The first-order chi connectivity index (χ1) is 13.8. The van der Waals surface area contributed by atoms with E-state index in [1.165, 1.54) is 35.0 Å². The van der Waals surface area contributed by atoms with Crippen LogP contribution in [0.4, 0.5) is 0 Å². The van der Waals surface area contributed by atoms with Gasteiger partial charge in [-0.2, -0.15) is 4.99 Å². The van der Waals surface area contributed by atoms with E-state index in [9.17, 15) is 14.4 Å². The summed E-state index contributed by atoms with van der Waals surface area (Å²) in [6.45, 7) is 3.22. The highest BCUT2D eigenvalue weighted by atomic mass is 35.5. The Morgan fingerprint density at radius 1 is 1.07 bits per heavy atom. The smallest absolute Gasteiger partial charge is 0.326 e. The van der Waals surface area contributed by atoms with E-state index in [1.54, 1.807) is 31.2 Å². The van der Waals surface area contributed by atoms with Gasteiger partial charge in [0.1, 0.15) is 6.54 Å². The van der Waals surface area contributed by atoms with Crippen molar-refractivity contribution in [1.82, 2.24) is 4.57 Å². The van der Waals surface area contributed by atoms with Crippen molar-refractivity contribution in [1.29, 1.82) is 0 Å². The fraction of sp³-hybridized carbons (Fsp3) is 0.200. The Morgan fingerprint density at radius 2 is 1.72 bits per heavy atom. The van der Waals surface area contributed by atoms with Crippen molar-refractivity contribution in [3.8, 4) is 0 Å². The number of carbonyl (C=O) groups excluding carboxylic acids is 3. The van der Waals surface area contributed by atoms with E-state index in [-0.39, 0.29) is 28.8 Å². The number of Topliss-reactive ketones (excluding diaryl/α,β-unsaturated/α-hetero) is 1. The van der Waals surface area contributed by atoms with Gasteiger partial charge in [-0.25, -0.2) is 0 Å². The first-order valence-corrected chi connectivity index (χ1v) is 10.2. The molecular weight excluding hydrogens is 435 g/mol. The van der Waals surface area contributed by atoms with Crippen LogP contribution in [0.3, 0.4) is 0 Å². The summed E-state index contributed by atoms with van der Waals surface area (Å²) in [5.41, 5.74) is 1.33. The Labute approximate surface area is 180 Å². The van der Waals surface area contributed by atoms with E-state index in [1.807, 2.05) is 0 Å². The Kier molecular flexibility index (Phi) is 6.52. The van der Waals surface area contributed by atoms with Crippen LogP contribution in [0, 0.1) is 0 Å². The summed E-state index contributed by atoms with van der Waals surface area (Å²) >= 11 is 13.7. The molecule has 0 aliphatic heterocycles. The van der Waals surface area contributed by atoms with Crippen LogP contribution >= 0.6 is 34.5 Å². The van der Waals surface area contributed by atoms with Crippen molar-refractivity contribution in [2.45, 2.75) is 20.4 Å². The minimum atomic E-state index is -0.508. The van der Waals surface area contributed by atoms with Crippen LogP contribution in [-0.4, -0.2) is 28.8 Å². The fourth-order valence-corrected chi connectivity index (χ4v) is 4.18. The van der Waals surface area contributed by atoms with Crippen LogP contribution in [0.25, 0.3) is 10.2 Å². The average Bonchev–Trinajstić information content (AvgIpc) is 3.02. The maximum absolute atomic E-state index is 12.7. The van der Waals surface area contributed by atoms with E-state index in [4.69, 9.17) is 27.9 Å². The number of ether oxygens (including phenoxy) is 1.